The Morgan fingerprint density at radius 1 is 1.50 bits per heavy atom. The van der Waals surface area contributed by atoms with Crippen LogP contribution < -0.4 is 10.0 Å². The van der Waals surface area contributed by atoms with Gasteiger partial charge in [-0.05, 0) is 19.4 Å². The third-order valence-corrected chi connectivity index (χ3v) is 4.53. The number of nitrogens with one attached hydrogen (secondary N) is 2. The molecule has 0 aromatic carbocycles. The van der Waals surface area contributed by atoms with Gasteiger partial charge in [0.25, 0.3) is 10.0 Å². The molecule has 1 aliphatic rings. The number of nitrogens with zero attached hydrogens (tertiary/aromatic N) is 1. The Kier molecular flexibility index (Phi) is 2.90. The van der Waals surface area contributed by atoms with Gasteiger partial charge in [0.1, 0.15) is 9.90 Å². The van der Waals surface area contributed by atoms with Crippen molar-refractivity contribution in [3.8, 4) is 0 Å². The molecule has 0 atom stereocenters. The summed E-state index contributed by atoms with van der Waals surface area (Å²) in [6.07, 6.45) is 0.878. The van der Waals surface area contributed by atoms with Crippen molar-refractivity contribution in [2.45, 2.75) is 25.2 Å². The summed E-state index contributed by atoms with van der Waals surface area (Å²) in [5.41, 5.74) is 0. The molecular weight excluding hydrogens is 246 g/mol. The summed E-state index contributed by atoms with van der Waals surface area (Å²) in [4.78, 5) is 5.40. The smallest absolute Gasteiger partial charge is 0.267 e. The number of aryl methyl sites for hydroxylation is 1. The Labute approximate surface area is 98.6 Å². The number of rotatable bonds is 2. The molecule has 0 unspecified atom stereocenters. The number of aliphatic imine (C=N–C) groups is 1. The molecular formula is C9H13N3O2S2. The fraction of sp³-hybridized carbons (Fsp3) is 0.444. The van der Waals surface area contributed by atoms with E-state index in [1.807, 2.05) is 13.8 Å². The second kappa shape index (κ2) is 4.06. The normalized spacial score (nSPS) is 20.0. The van der Waals surface area contributed by atoms with Crippen molar-refractivity contribution in [3.05, 3.63) is 10.9 Å². The lowest BCUT2D eigenvalue weighted by molar-refractivity contribution is 0.592. The lowest BCUT2D eigenvalue weighted by Gasteiger charge is -2.17. The van der Waals surface area contributed by atoms with E-state index in [9.17, 15) is 8.42 Å². The zero-order valence-corrected chi connectivity index (χ0v) is 10.7. The van der Waals surface area contributed by atoms with Crippen molar-refractivity contribution < 1.29 is 8.42 Å². The third kappa shape index (κ3) is 2.05. The first-order valence-electron chi connectivity index (χ1n) is 4.97. The maximum atomic E-state index is 11.8. The highest BCUT2D eigenvalue weighted by molar-refractivity contribution is 7.90. The number of sulfonamides is 1. The first-order valence-corrected chi connectivity index (χ1v) is 7.27. The van der Waals surface area contributed by atoms with Gasteiger partial charge in [-0.2, -0.15) is 0 Å². The fourth-order valence-corrected chi connectivity index (χ4v) is 3.83. The second-order valence-corrected chi connectivity index (χ2v) is 6.42. The zero-order chi connectivity index (χ0) is 11.8. The van der Waals surface area contributed by atoms with Gasteiger partial charge >= 0.3 is 0 Å². The van der Waals surface area contributed by atoms with Crippen LogP contribution in [0.25, 0.3) is 0 Å². The van der Waals surface area contributed by atoms with Crippen LogP contribution in [0.5, 0.6) is 0 Å². The van der Waals surface area contributed by atoms with Crippen LogP contribution in [0.15, 0.2) is 16.0 Å². The average molecular weight is 259 g/mol. The minimum Gasteiger partial charge on any atom is -0.316 e. The van der Waals surface area contributed by atoms with E-state index < -0.39 is 10.0 Å². The molecule has 0 fully saturated rings. The molecule has 2 N–H and O–H groups in total. The molecule has 0 spiro atoms. The van der Waals surface area contributed by atoms with E-state index in [4.69, 9.17) is 0 Å². The lowest BCUT2D eigenvalue weighted by atomic mass is 10.5. The maximum absolute atomic E-state index is 11.8. The summed E-state index contributed by atoms with van der Waals surface area (Å²) in [6, 6.07) is 1.66. The first-order chi connectivity index (χ1) is 7.53. The van der Waals surface area contributed by atoms with E-state index in [0.29, 0.717) is 22.4 Å². The highest BCUT2D eigenvalue weighted by atomic mass is 32.2. The van der Waals surface area contributed by atoms with Gasteiger partial charge in [-0.15, -0.1) is 11.3 Å². The van der Waals surface area contributed by atoms with Gasteiger partial charge in [-0.3, -0.25) is 4.99 Å². The van der Waals surface area contributed by atoms with Gasteiger partial charge in [0.2, 0.25) is 5.96 Å². The third-order valence-electron chi connectivity index (χ3n) is 2.07. The van der Waals surface area contributed by atoms with Gasteiger partial charge in [0.15, 0.2) is 0 Å². The van der Waals surface area contributed by atoms with Gasteiger partial charge in [-0.25, -0.2) is 13.1 Å². The number of hydrogen-bond acceptors (Lipinski definition) is 4. The Hall–Kier alpha value is -1.08. The van der Waals surface area contributed by atoms with Crippen molar-refractivity contribution in [3.63, 3.8) is 0 Å². The second-order valence-electron chi connectivity index (χ2n) is 3.51. The van der Waals surface area contributed by atoms with Crippen LogP contribution in [0.1, 0.15) is 18.2 Å². The quantitative estimate of drug-likeness (QED) is 0.846. The summed E-state index contributed by atoms with van der Waals surface area (Å²) < 4.78 is 26.1. The summed E-state index contributed by atoms with van der Waals surface area (Å²) in [7, 11) is -3.43. The van der Waals surface area contributed by atoms with E-state index in [1.165, 1.54) is 11.3 Å². The molecule has 0 amide bonds. The van der Waals surface area contributed by atoms with Gasteiger partial charge < -0.3 is 5.32 Å². The minimum atomic E-state index is -3.43. The average Bonchev–Trinajstić information content (AvgIpc) is 2.56. The van der Waals surface area contributed by atoms with E-state index in [1.54, 1.807) is 6.07 Å². The van der Waals surface area contributed by atoms with Crippen LogP contribution in [0.4, 0.5) is 5.00 Å². The summed E-state index contributed by atoms with van der Waals surface area (Å²) in [5, 5.41) is 3.63. The first kappa shape index (κ1) is 11.4. The zero-order valence-electron chi connectivity index (χ0n) is 9.07. The van der Waals surface area contributed by atoms with E-state index >= 15 is 0 Å². The summed E-state index contributed by atoms with van der Waals surface area (Å²) in [5.74, 6) is 0.316. The van der Waals surface area contributed by atoms with Gasteiger partial charge in [0, 0.05) is 11.4 Å². The molecule has 0 saturated heterocycles. The molecule has 5 nitrogen and oxygen atoms in total. The molecule has 16 heavy (non-hydrogen) atoms. The molecule has 2 rings (SSSR count). The minimum absolute atomic E-state index is 0.311. The molecule has 0 saturated carbocycles. The van der Waals surface area contributed by atoms with E-state index in [0.717, 1.165) is 11.3 Å². The van der Waals surface area contributed by atoms with Crippen molar-refractivity contribution in [2.75, 3.05) is 11.9 Å². The van der Waals surface area contributed by atoms with Gasteiger partial charge in [-0.1, -0.05) is 6.92 Å². The number of fused-ring (bicyclic) bond motifs is 1. The largest absolute Gasteiger partial charge is 0.316 e. The standard InChI is InChI=1S/C9H13N3O2S2/c1-3-4-10-9-11-8-7(5-6(2)15-8)16(13,14)12-9/h5H,3-4H2,1-2H3,(H2,10,11,12). The topological polar surface area (TPSA) is 70.6 Å². The van der Waals surface area contributed by atoms with Crippen molar-refractivity contribution in [1.82, 2.24) is 4.72 Å². The van der Waals surface area contributed by atoms with Crippen molar-refractivity contribution in [2.24, 2.45) is 4.99 Å². The van der Waals surface area contributed by atoms with Crippen LogP contribution in [-0.2, 0) is 10.0 Å². The molecule has 88 valence electrons. The number of thiophene rings is 1. The summed E-state index contributed by atoms with van der Waals surface area (Å²) >= 11 is 1.42. The summed E-state index contributed by atoms with van der Waals surface area (Å²) in [6.45, 7) is 4.47. The molecule has 1 aromatic heterocycles. The Bertz CT molecular complexity index is 531. The lowest BCUT2D eigenvalue weighted by Crippen LogP contribution is -2.40. The van der Waals surface area contributed by atoms with Crippen LogP contribution in [0.2, 0.25) is 0 Å². The fourth-order valence-electron chi connectivity index (χ4n) is 1.39. The highest BCUT2D eigenvalue weighted by Gasteiger charge is 2.28. The predicted molar refractivity (Wildman–Crippen MR) is 65.6 cm³/mol. The molecule has 0 aliphatic carbocycles. The van der Waals surface area contributed by atoms with Crippen LogP contribution in [-0.4, -0.2) is 20.9 Å². The highest BCUT2D eigenvalue weighted by Crippen LogP contribution is 2.33. The van der Waals surface area contributed by atoms with Crippen molar-refractivity contribution in [1.29, 1.82) is 0 Å². The molecule has 2 heterocycles. The molecule has 0 radical (unpaired) electrons. The van der Waals surface area contributed by atoms with E-state index in [2.05, 4.69) is 15.0 Å². The Morgan fingerprint density at radius 3 is 2.94 bits per heavy atom. The van der Waals surface area contributed by atoms with E-state index in [-0.39, 0.29) is 0 Å². The molecule has 7 heteroatoms. The Morgan fingerprint density at radius 2 is 2.25 bits per heavy atom. The maximum Gasteiger partial charge on any atom is 0.267 e. The Balaban J connectivity index is 2.41. The monoisotopic (exact) mass is 259 g/mol. The number of anilines is 1. The molecule has 1 aromatic rings. The van der Waals surface area contributed by atoms with Crippen molar-refractivity contribution >= 4 is 32.3 Å². The van der Waals surface area contributed by atoms with Crippen LogP contribution in [0.3, 0.4) is 0 Å². The molecule has 1 aliphatic heterocycles. The predicted octanol–water partition coefficient (Wildman–Crippen LogP) is 1.53. The number of guanidine groups is 1. The van der Waals surface area contributed by atoms with Crippen LogP contribution in [0, 0.1) is 6.92 Å². The molecule has 0 bridgehead atoms. The number of hydrogen-bond donors (Lipinski definition) is 2. The van der Waals surface area contributed by atoms with Crippen LogP contribution >= 0.6 is 11.3 Å². The SMILES string of the molecule is CCCN=C1Nc2sc(C)cc2S(=O)(=O)N1. The van der Waals surface area contributed by atoms with Gasteiger partial charge in [0.05, 0.1) is 0 Å².